The van der Waals surface area contributed by atoms with Crippen molar-refractivity contribution in [3.63, 3.8) is 0 Å². The third kappa shape index (κ3) is 5.85. The molecule has 8 aromatic rings. The molecule has 0 saturated carbocycles. The lowest BCUT2D eigenvalue weighted by molar-refractivity contribution is 0.405. The first-order valence-corrected chi connectivity index (χ1v) is 20.6. The maximum absolute atomic E-state index is 4.01. The fourth-order valence-corrected chi connectivity index (χ4v) is 9.56. The van der Waals surface area contributed by atoms with E-state index >= 15 is 0 Å². The summed E-state index contributed by atoms with van der Waals surface area (Å²) in [5.41, 5.74) is 24.5. The molecular weight excluding hydrogens is 715 g/mol. The maximum Gasteiger partial charge on any atom is 0.0793 e. The number of nitrogens with one attached hydrogen (secondary N) is 1. The Balaban J connectivity index is 1.15. The molecule has 0 aromatic heterocycles. The van der Waals surface area contributed by atoms with Gasteiger partial charge in [0.2, 0.25) is 0 Å². The zero-order chi connectivity index (χ0) is 39.5. The molecule has 1 atom stereocenters. The quantitative estimate of drug-likeness (QED) is 0.175. The fourth-order valence-electron chi connectivity index (χ4n) is 9.56. The Morgan fingerprint density at radius 2 is 1.03 bits per heavy atom. The van der Waals surface area contributed by atoms with Crippen LogP contribution in [0.1, 0.15) is 58.8 Å². The highest BCUT2D eigenvalue weighted by atomic mass is 15.6. The molecule has 11 rings (SSSR count). The number of rotatable bonds is 7. The Labute approximate surface area is 346 Å². The van der Waals surface area contributed by atoms with Gasteiger partial charge in [-0.05, 0) is 98.1 Å². The van der Waals surface area contributed by atoms with Crippen LogP contribution in [0, 0.1) is 0 Å². The van der Waals surface area contributed by atoms with Crippen molar-refractivity contribution in [1.29, 1.82) is 0 Å². The molecule has 3 heteroatoms. The first-order chi connectivity index (χ1) is 29.0. The third-order valence-electron chi connectivity index (χ3n) is 12.4. The molecule has 2 heterocycles. The van der Waals surface area contributed by atoms with Crippen LogP contribution in [0.3, 0.4) is 0 Å². The molecule has 1 N–H and O–H groups in total. The van der Waals surface area contributed by atoms with Gasteiger partial charge in [0.15, 0.2) is 0 Å². The lowest BCUT2D eigenvalue weighted by Crippen LogP contribution is -2.33. The van der Waals surface area contributed by atoms with Crippen LogP contribution in [0.25, 0.3) is 45.3 Å². The molecule has 0 radical (unpaired) electrons. The van der Waals surface area contributed by atoms with Crippen LogP contribution >= 0.6 is 0 Å². The summed E-state index contributed by atoms with van der Waals surface area (Å²) in [5, 5.41) is 2.34. The maximum atomic E-state index is 4.01. The van der Waals surface area contributed by atoms with Crippen molar-refractivity contribution in [2.24, 2.45) is 0 Å². The number of benzene rings is 8. The average molecular weight is 758 g/mol. The standard InChI is InChI=1S/C56H43N3/c1-56(2)50-29-16-15-28-47(50)48-33-32-46(37-51(48)56)58(44-27-17-26-42(34-44)38-18-7-3-8-19-38)45-31-30-43-35-52(39-20-9-4-10-21-39)59-55(49(43)36-45)53(40-22-11-5-12-23-40)54(57-59)41-24-13-6-14-25-41/h3-37,54,57H,1-2H3. The summed E-state index contributed by atoms with van der Waals surface area (Å²) in [7, 11) is 0. The van der Waals surface area contributed by atoms with Crippen molar-refractivity contribution >= 4 is 40.1 Å². The molecule has 0 saturated heterocycles. The molecule has 3 aliphatic rings. The monoisotopic (exact) mass is 757 g/mol. The molecule has 0 fully saturated rings. The van der Waals surface area contributed by atoms with Gasteiger partial charge in [-0.25, -0.2) is 5.43 Å². The van der Waals surface area contributed by atoms with Crippen molar-refractivity contribution in [2.75, 3.05) is 4.90 Å². The van der Waals surface area contributed by atoms with E-state index in [2.05, 4.69) is 242 Å². The Kier molecular flexibility index (Phi) is 8.32. The minimum absolute atomic E-state index is 0.0606. The molecule has 59 heavy (non-hydrogen) atoms. The Morgan fingerprint density at radius 3 is 1.78 bits per heavy atom. The van der Waals surface area contributed by atoms with E-state index in [4.69, 9.17) is 0 Å². The van der Waals surface area contributed by atoms with Crippen LogP contribution in [0.5, 0.6) is 0 Å². The van der Waals surface area contributed by atoms with Gasteiger partial charge in [-0.2, -0.15) is 0 Å². The second-order valence-electron chi connectivity index (χ2n) is 16.3. The van der Waals surface area contributed by atoms with E-state index in [1.54, 1.807) is 0 Å². The van der Waals surface area contributed by atoms with Crippen LogP contribution in [0.15, 0.2) is 206 Å². The topological polar surface area (TPSA) is 18.5 Å². The molecule has 0 bridgehead atoms. The Morgan fingerprint density at radius 1 is 0.458 bits per heavy atom. The van der Waals surface area contributed by atoms with Gasteiger partial charge >= 0.3 is 0 Å². The lowest BCUT2D eigenvalue weighted by atomic mass is 9.82. The minimum atomic E-state index is -0.133. The van der Waals surface area contributed by atoms with E-state index in [0.29, 0.717) is 0 Å². The summed E-state index contributed by atoms with van der Waals surface area (Å²) < 4.78 is 0. The molecule has 8 aromatic carbocycles. The molecule has 282 valence electrons. The molecule has 3 nitrogen and oxygen atoms in total. The highest BCUT2D eigenvalue weighted by Gasteiger charge is 2.40. The summed E-state index contributed by atoms with van der Waals surface area (Å²) >= 11 is 0. The summed E-state index contributed by atoms with van der Waals surface area (Å²) in [5.74, 6) is 0. The summed E-state index contributed by atoms with van der Waals surface area (Å²) in [6.07, 6.45) is 2.34. The number of hydrogen-bond donors (Lipinski definition) is 1. The zero-order valence-electron chi connectivity index (χ0n) is 33.2. The number of hydrazine groups is 1. The third-order valence-corrected chi connectivity index (χ3v) is 12.4. The van der Waals surface area contributed by atoms with E-state index in [0.717, 1.165) is 28.3 Å². The normalized spacial score (nSPS) is 15.9. The van der Waals surface area contributed by atoms with Gasteiger partial charge in [0.05, 0.1) is 17.4 Å². The number of nitrogens with zero attached hydrogens (tertiary/aromatic N) is 2. The van der Waals surface area contributed by atoms with Gasteiger partial charge in [-0.1, -0.05) is 184 Å². The van der Waals surface area contributed by atoms with Gasteiger partial charge in [-0.15, -0.1) is 0 Å². The number of anilines is 3. The average Bonchev–Trinajstić information content (AvgIpc) is 3.81. The van der Waals surface area contributed by atoms with Gasteiger partial charge in [0, 0.05) is 33.6 Å². The molecule has 1 unspecified atom stereocenters. The second kappa shape index (κ2) is 14.0. The van der Waals surface area contributed by atoms with Gasteiger partial charge < -0.3 is 4.90 Å². The summed E-state index contributed by atoms with van der Waals surface area (Å²) in [6, 6.07) is 75.1. The second-order valence-corrected chi connectivity index (χ2v) is 16.3. The predicted octanol–water partition coefficient (Wildman–Crippen LogP) is 14.1. The summed E-state index contributed by atoms with van der Waals surface area (Å²) in [6.45, 7) is 4.72. The highest BCUT2D eigenvalue weighted by Crippen LogP contribution is 2.53. The van der Waals surface area contributed by atoms with Gasteiger partial charge in [0.1, 0.15) is 0 Å². The van der Waals surface area contributed by atoms with Crippen LogP contribution in [-0.2, 0) is 5.41 Å². The zero-order valence-corrected chi connectivity index (χ0v) is 33.2. The molecule has 2 aliphatic heterocycles. The van der Waals surface area contributed by atoms with Crippen molar-refractivity contribution < 1.29 is 0 Å². The van der Waals surface area contributed by atoms with Crippen molar-refractivity contribution in [3.8, 4) is 22.3 Å². The minimum Gasteiger partial charge on any atom is -0.310 e. The smallest absolute Gasteiger partial charge is 0.0793 e. The SMILES string of the molecule is CC1(C)c2ccccc2-c2ccc(N(c3cccc(-c4ccccc4)c3)c3ccc4c(c3)C3=C(c5ccccc5)C(c5ccccc5)NN3C(c3ccccc3)=C4)cc21. The van der Waals surface area contributed by atoms with E-state index < -0.39 is 0 Å². The van der Waals surface area contributed by atoms with Crippen LogP contribution in [-0.4, -0.2) is 5.01 Å². The molecule has 1 aliphatic carbocycles. The summed E-state index contributed by atoms with van der Waals surface area (Å²) in [4.78, 5) is 2.45. The van der Waals surface area contributed by atoms with Gasteiger partial charge in [-0.3, -0.25) is 5.01 Å². The largest absolute Gasteiger partial charge is 0.310 e. The van der Waals surface area contributed by atoms with Crippen LogP contribution in [0.4, 0.5) is 17.1 Å². The van der Waals surface area contributed by atoms with E-state index in [1.165, 1.54) is 66.9 Å². The van der Waals surface area contributed by atoms with Crippen molar-refractivity contribution in [3.05, 3.63) is 245 Å². The molecule has 0 spiro atoms. The fraction of sp³-hybridized carbons (Fsp3) is 0.0714. The van der Waals surface area contributed by atoms with E-state index in [9.17, 15) is 0 Å². The first kappa shape index (κ1) is 35.0. The predicted molar refractivity (Wildman–Crippen MR) is 246 cm³/mol. The van der Waals surface area contributed by atoms with E-state index in [-0.39, 0.29) is 11.5 Å². The first-order valence-electron chi connectivity index (χ1n) is 20.6. The number of fused-ring (bicyclic) bond motifs is 6. The van der Waals surface area contributed by atoms with E-state index in [1.807, 2.05) is 0 Å². The lowest BCUT2D eigenvalue weighted by Gasteiger charge is -2.33. The van der Waals surface area contributed by atoms with Crippen molar-refractivity contribution in [1.82, 2.24) is 10.4 Å². The van der Waals surface area contributed by atoms with Crippen LogP contribution in [0.2, 0.25) is 0 Å². The number of hydrogen-bond acceptors (Lipinski definition) is 3. The molecule has 0 amide bonds. The highest BCUT2D eigenvalue weighted by molar-refractivity contribution is 6.05. The Hall–Kier alpha value is -7.20. The van der Waals surface area contributed by atoms with Crippen molar-refractivity contribution in [2.45, 2.75) is 25.3 Å². The van der Waals surface area contributed by atoms with Gasteiger partial charge in [0.25, 0.3) is 0 Å². The Bertz CT molecular complexity index is 2930. The molecular formula is C56H43N3. The van der Waals surface area contributed by atoms with Crippen LogP contribution < -0.4 is 10.3 Å².